The van der Waals surface area contributed by atoms with Crippen LogP contribution in [-0.2, 0) is 11.3 Å². The van der Waals surface area contributed by atoms with Crippen molar-refractivity contribution in [1.29, 1.82) is 0 Å². The lowest BCUT2D eigenvalue weighted by Crippen LogP contribution is -2.13. The molecule has 0 fully saturated rings. The van der Waals surface area contributed by atoms with Gasteiger partial charge >= 0.3 is 5.97 Å². The molecule has 0 aliphatic rings. The van der Waals surface area contributed by atoms with E-state index in [-0.39, 0.29) is 11.8 Å². The van der Waals surface area contributed by atoms with Gasteiger partial charge in [-0.15, -0.1) is 0 Å². The van der Waals surface area contributed by atoms with Gasteiger partial charge in [0, 0.05) is 12.7 Å². The number of aromatic nitrogens is 1. The number of hydrogen-bond donors (Lipinski definition) is 1. The second kappa shape index (κ2) is 5.19. The van der Waals surface area contributed by atoms with Crippen molar-refractivity contribution in [3.63, 3.8) is 0 Å². The van der Waals surface area contributed by atoms with Gasteiger partial charge in [0.15, 0.2) is 0 Å². The van der Waals surface area contributed by atoms with Gasteiger partial charge in [-0.2, -0.15) is 0 Å². The quantitative estimate of drug-likeness (QED) is 0.846. The Hall–Kier alpha value is -1.00. The van der Waals surface area contributed by atoms with E-state index in [2.05, 4.69) is 0 Å². The van der Waals surface area contributed by atoms with Gasteiger partial charge in [0.2, 0.25) is 0 Å². The largest absolute Gasteiger partial charge is 0.477 e. The van der Waals surface area contributed by atoms with Crippen LogP contribution in [0.1, 0.15) is 24.3 Å². The van der Waals surface area contributed by atoms with Crippen molar-refractivity contribution in [2.45, 2.75) is 26.5 Å². The molecule has 0 amide bonds. The predicted molar refractivity (Wildman–Crippen MR) is 57.5 cm³/mol. The lowest BCUT2D eigenvalue weighted by atomic mass is 10.4. The van der Waals surface area contributed by atoms with Crippen LogP contribution < -0.4 is 0 Å². The lowest BCUT2D eigenvalue weighted by Gasteiger charge is -2.09. The second-order valence-electron chi connectivity index (χ2n) is 3.46. The minimum absolute atomic E-state index is 0.143. The van der Waals surface area contributed by atoms with Crippen molar-refractivity contribution < 1.29 is 14.6 Å². The number of hydrogen-bond acceptors (Lipinski definition) is 2. The predicted octanol–water partition coefficient (Wildman–Crippen LogP) is 2.26. The molecule has 0 spiro atoms. The maximum Gasteiger partial charge on any atom is 0.352 e. The third-order valence-electron chi connectivity index (χ3n) is 1.87. The Morgan fingerprint density at radius 2 is 2.33 bits per heavy atom. The summed E-state index contributed by atoms with van der Waals surface area (Å²) in [4.78, 5) is 10.8. The van der Waals surface area contributed by atoms with Crippen LogP contribution in [0.2, 0.25) is 5.02 Å². The lowest BCUT2D eigenvalue weighted by molar-refractivity contribution is 0.0650. The Morgan fingerprint density at radius 3 is 2.87 bits per heavy atom. The highest BCUT2D eigenvalue weighted by Crippen LogP contribution is 2.14. The third kappa shape index (κ3) is 3.57. The van der Waals surface area contributed by atoms with Crippen LogP contribution in [0.15, 0.2) is 12.3 Å². The number of carboxylic acid groups (broad SMARTS) is 1. The molecule has 1 heterocycles. The van der Waals surface area contributed by atoms with Crippen LogP contribution in [0.25, 0.3) is 0 Å². The topological polar surface area (TPSA) is 51.5 Å². The summed E-state index contributed by atoms with van der Waals surface area (Å²) in [6.07, 6.45) is 1.73. The Labute approximate surface area is 93.4 Å². The number of nitrogens with zero attached hydrogens (tertiary/aromatic N) is 1. The van der Waals surface area contributed by atoms with Crippen LogP contribution >= 0.6 is 11.6 Å². The van der Waals surface area contributed by atoms with Crippen molar-refractivity contribution >= 4 is 17.6 Å². The van der Waals surface area contributed by atoms with Crippen LogP contribution in [0, 0.1) is 0 Å². The fourth-order valence-electron chi connectivity index (χ4n) is 1.23. The summed E-state index contributed by atoms with van der Waals surface area (Å²) in [6, 6.07) is 1.43. The van der Waals surface area contributed by atoms with E-state index in [0.717, 1.165) is 0 Å². The molecule has 0 saturated carbocycles. The van der Waals surface area contributed by atoms with Crippen molar-refractivity contribution in [1.82, 2.24) is 4.57 Å². The first-order valence-corrected chi connectivity index (χ1v) is 5.09. The van der Waals surface area contributed by atoms with Gasteiger partial charge in [0.05, 0.1) is 17.7 Å². The Morgan fingerprint density at radius 1 is 1.67 bits per heavy atom. The zero-order valence-electron chi connectivity index (χ0n) is 8.74. The monoisotopic (exact) mass is 231 g/mol. The summed E-state index contributed by atoms with van der Waals surface area (Å²) in [7, 11) is 0. The summed E-state index contributed by atoms with van der Waals surface area (Å²) in [6.45, 7) is 4.83. The normalized spacial score (nSPS) is 10.9. The van der Waals surface area contributed by atoms with E-state index >= 15 is 0 Å². The molecule has 0 aliphatic carbocycles. The van der Waals surface area contributed by atoms with E-state index < -0.39 is 5.97 Å². The second-order valence-corrected chi connectivity index (χ2v) is 3.90. The molecule has 15 heavy (non-hydrogen) atoms. The fourth-order valence-corrected chi connectivity index (χ4v) is 1.45. The first-order valence-electron chi connectivity index (χ1n) is 4.71. The highest BCUT2D eigenvalue weighted by Gasteiger charge is 2.11. The molecule has 84 valence electrons. The smallest absolute Gasteiger partial charge is 0.352 e. The summed E-state index contributed by atoms with van der Waals surface area (Å²) in [5.74, 6) is -0.980. The molecule has 0 bridgehead atoms. The number of carboxylic acids is 1. The van der Waals surface area contributed by atoms with Gasteiger partial charge in [-0.1, -0.05) is 11.6 Å². The Kier molecular flexibility index (Phi) is 4.17. The molecule has 0 radical (unpaired) electrons. The highest BCUT2D eigenvalue weighted by atomic mass is 35.5. The van der Waals surface area contributed by atoms with Gasteiger partial charge in [-0.05, 0) is 19.9 Å². The molecular weight excluding hydrogens is 218 g/mol. The molecular formula is C10H14ClNO3. The molecule has 1 aromatic heterocycles. The molecule has 1 aromatic rings. The Balaban J connectivity index is 2.63. The van der Waals surface area contributed by atoms with Crippen molar-refractivity contribution in [3.8, 4) is 0 Å². The third-order valence-corrected chi connectivity index (χ3v) is 2.07. The molecule has 0 aromatic carbocycles. The summed E-state index contributed by atoms with van der Waals surface area (Å²) < 4.78 is 6.91. The molecule has 0 saturated heterocycles. The first kappa shape index (κ1) is 12.1. The maximum absolute atomic E-state index is 10.8. The Bertz CT molecular complexity index is 346. The van der Waals surface area contributed by atoms with E-state index in [9.17, 15) is 4.79 Å². The van der Waals surface area contributed by atoms with Crippen LogP contribution in [0.4, 0.5) is 0 Å². The van der Waals surface area contributed by atoms with Gasteiger partial charge in [-0.25, -0.2) is 4.79 Å². The summed E-state index contributed by atoms with van der Waals surface area (Å²) in [5, 5.41) is 9.29. The molecule has 0 atom stereocenters. The maximum atomic E-state index is 10.8. The zero-order chi connectivity index (χ0) is 11.4. The number of aromatic carboxylic acids is 1. The van der Waals surface area contributed by atoms with Gasteiger partial charge < -0.3 is 14.4 Å². The molecule has 0 aliphatic heterocycles. The highest BCUT2D eigenvalue weighted by molar-refractivity contribution is 6.30. The SMILES string of the molecule is CC(C)OCCn1cc(Cl)cc1C(=O)O. The van der Waals surface area contributed by atoms with E-state index in [0.29, 0.717) is 18.2 Å². The van der Waals surface area contributed by atoms with E-state index in [4.69, 9.17) is 21.4 Å². The van der Waals surface area contributed by atoms with Gasteiger partial charge in [-0.3, -0.25) is 0 Å². The first-order chi connectivity index (χ1) is 7.00. The van der Waals surface area contributed by atoms with Gasteiger partial charge in [0.25, 0.3) is 0 Å². The molecule has 4 nitrogen and oxygen atoms in total. The van der Waals surface area contributed by atoms with E-state index in [1.165, 1.54) is 6.07 Å². The molecule has 0 unspecified atom stereocenters. The zero-order valence-corrected chi connectivity index (χ0v) is 9.49. The molecule has 1 rings (SSSR count). The van der Waals surface area contributed by atoms with Crippen LogP contribution in [-0.4, -0.2) is 28.4 Å². The summed E-state index contributed by atoms with van der Waals surface area (Å²) in [5.41, 5.74) is 0.187. The van der Waals surface area contributed by atoms with Crippen LogP contribution in [0.5, 0.6) is 0 Å². The summed E-state index contributed by atoms with van der Waals surface area (Å²) >= 11 is 5.73. The van der Waals surface area contributed by atoms with Crippen molar-refractivity contribution in [2.75, 3.05) is 6.61 Å². The average molecular weight is 232 g/mol. The number of carbonyl (C=O) groups is 1. The van der Waals surface area contributed by atoms with Crippen LogP contribution in [0.3, 0.4) is 0 Å². The number of rotatable bonds is 5. The van der Waals surface area contributed by atoms with E-state index in [1.807, 2.05) is 13.8 Å². The number of ether oxygens (including phenoxy) is 1. The molecule has 1 N–H and O–H groups in total. The average Bonchev–Trinajstić information content (AvgIpc) is 2.46. The van der Waals surface area contributed by atoms with Crippen molar-refractivity contribution in [3.05, 3.63) is 23.0 Å². The number of halogens is 1. The molecule has 5 heteroatoms. The minimum atomic E-state index is -0.980. The fraction of sp³-hybridized carbons (Fsp3) is 0.500. The minimum Gasteiger partial charge on any atom is -0.477 e. The standard InChI is InChI=1S/C10H14ClNO3/c1-7(2)15-4-3-12-6-8(11)5-9(12)10(13)14/h5-7H,3-4H2,1-2H3,(H,13,14). The van der Waals surface area contributed by atoms with Crippen molar-refractivity contribution in [2.24, 2.45) is 0 Å². The van der Waals surface area contributed by atoms with Gasteiger partial charge in [0.1, 0.15) is 5.69 Å². The van der Waals surface area contributed by atoms with E-state index in [1.54, 1.807) is 10.8 Å².